The monoisotopic (exact) mass is 674 g/mol. The highest BCUT2D eigenvalue weighted by molar-refractivity contribution is 6.36. The van der Waals surface area contributed by atoms with Crippen molar-refractivity contribution in [1.82, 2.24) is 0 Å². The van der Waals surface area contributed by atoms with Crippen molar-refractivity contribution in [2.45, 2.75) is 19.3 Å². The summed E-state index contributed by atoms with van der Waals surface area (Å²) in [7, 11) is 6.14. The molecule has 0 aliphatic carbocycles. The Kier molecular flexibility index (Phi) is 7.43. The van der Waals surface area contributed by atoms with Gasteiger partial charge in [-0.1, -0.05) is 52.8 Å². The van der Waals surface area contributed by atoms with Gasteiger partial charge in [0.15, 0.2) is 0 Å². The summed E-state index contributed by atoms with van der Waals surface area (Å²) in [4.78, 5) is 47.2. The number of hydrogen-bond donors (Lipinski definition) is 0. The minimum absolute atomic E-state index is 0.0570. The summed E-state index contributed by atoms with van der Waals surface area (Å²) in [6.45, 7) is 0. The van der Waals surface area contributed by atoms with E-state index in [2.05, 4.69) is 4.90 Å². The molecule has 0 saturated heterocycles. The Morgan fingerprint density at radius 2 is 0.654 bits per heavy atom. The normalized spacial score (nSPS) is 14.5. The molecule has 3 amide bonds. The molecule has 0 fully saturated rings. The highest BCUT2D eigenvalue weighted by Crippen LogP contribution is 2.42. The molecule has 52 heavy (non-hydrogen) atoms. The largest absolute Gasteiger partial charge is 0.310 e. The summed E-state index contributed by atoms with van der Waals surface area (Å²) in [5.41, 5.74) is 14.5. The van der Waals surface area contributed by atoms with Crippen molar-refractivity contribution in [3.05, 3.63) is 144 Å². The third kappa shape index (κ3) is 5.05. The minimum Gasteiger partial charge on any atom is -0.310 e. The lowest BCUT2D eigenvalue weighted by Crippen LogP contribution is -2.21. The van der Waals surface area contributed by atoms with Crippen LogP contribution in [0.15, 0.2) is 127 Å². The van der Waals surface area contributed by atoms with Gasteiger partial charge in [0.25, 0.3) is 0 Å². The lowest BCUT2D eigenvalue weighted by atomic mass is 9.89. The fourth-order valence-corrected chi connectivity index (χ4v) is 8.02. The van der Waals surface area contributed by atoms with Gasteiger partial charge >= 0.3 is 0 Å². The van der Waals surface area contributed by atoms with Crippen LogP contribution in [0.2, 0.25) is 0 Å². The molecule has 6 aromatic rings. The van der Waals surface area contributed by atoms with Gasteiger partial charge in [-0.05, 0) is 108 Å². The Morgan fingerprint density at radius 1 is 0.385 bits per heavy atom. The molecule has 0 unspecified atom stereocenters. The molecule has 248 valence electrons. The number of carbonyl (C=O) groups excluding carboxylic acids is 3. The summed E-state index contributed by atoms with van der Waals surface area (Å²) in [5, 5.41) is 0. The molecule has 0 spiro atoms. The van der Waals surface area contributed by atoms with Gasteiger partial charge in [0.1, 0.15) is 23.5 Å². The van der Waals surface area contributed by atoms with Gasteiger partial charge in [0.2, 0.25) is 17.7 Å². The van der Waals surface area contributed by atoms with Gasteiger partial charge in [-0.3, -0.25) is 29.1 Å². The Bertz CT molecular complexity index is 2180. The van der Waals surface area contributed by atoms with Crippen LogP contribution in [0.1, 0.15) is 16.7 Å². The Morgan fingerprint density at radius 3 is 0.923 bits per heavy atom. The molecule has 0 aromatic heterocycles. The Labute approximate surface area is 305 Å². The molecule has 6 aromatic carbocycles. The number of amides is 3. The average molecular weight is 674 g/mol. The van der Waals surface area contributed by atoms with Gasteiger partial charge in [-0.25, -0.2) is 0 Å². The third-order valence-corrected chi connectivity index (χ3v) is 10.7. The van der Waals surface area contributed by atoms with Crippen molar-refractivity contribution < 1.29 is 14.4 Å². The number of fused-ring (bicyclic) bond motifs is 3. The van der Waals surface area contributed by atoms with E-state index in [1.165, 1.54) is 0 Å². The van der Waals surface area contributed by atoms with Gasteiger partial charge in [-0.15, -0.1) is 0 Å². The highest BCUT2D eigenvalue weighted by atomic mass is 16.2. The van der Waals surface area contributed by atoms with Crippen LogP contribution in [-0.4, -0.2) is 41.3 Å². The van der Waals surface area contributed by atoms with E-state index < -0.39 is 0 Å². The fourth-order valence-electron chi connectivity index (χ4n) is 8.02. The van der Waals surface area contributed by atoms with Crippen LogP contribution in [-0.2, 0) is 33.6 Å². The number of anilines is 9. The lowest BCUT2D eigenvalue weighted by Gasteiger charge is -2.28. The van der Waals surface area contributed by atoms with Crippen LogP contribution in [0.3, 0.4) is 0 Å². The minimum atomic E-state index is 0.0570. The van der Waals surface area contributed by atoms with Crippen LogP contribution >= 0.6 is 0 Å². The van der Waals surface area contributed by atoms with E-state index in [-0.39, 0.29) is 17.7 Å². The zero-order chi connectivity index (χ0) is 35.7. The molecule has 3 aliphatic heterocycles. The topological polar surface area (TPSA) is 64.2 Å². The van der Waals surface area contributed by atoms with Crippen molar-refractivity contribution in [2.75, 3.05) is 19.6 Å². The molecule has 0 saturated carbocycles. The predicted octanol–water partition coefficient (Wildman–Crippen LogP) is 3.59. The van der Waals surface area contributed by atoms with Gasteiger partial charge < -0.3 is 4.90 Å². The van der Waals surface area contributed by atoms with Crippen LogP contribution in [0, 0.1) is 0 Å². The first kappa shape index (κ1) is 31.7. The van der Waals surface area contributed by atoms with E-state index in [9.17, 15) is 14.4 Å². The maximum Gasteiger partial charge on any atom is 0.236 e. The molecule has 9 rings (SSSR count). The first-order chi connectivity index (χ1) is 25.3. The third-order valence-electron chi connectivity index (χ3n) is 10.7. The smallest absolute Gasteiger partial charge is 0.236 e. The number of benzene rings is 6. The van der Waals surface area contributed by atoms with Gasteiger partial charge in [0, 0.05) is 34.1 Å². The second kappa shape index (κ2) is 12.2. The van der Waals surface area contributed by atoms with Gasteiger partial charge in [0.05, 0.1) is 36.3 Å². The quantitative estimate of drug-likeness (QED) is 0.254. The van der Waals surface area contributed by atoms with E-state index in [1.807, 2.05) is 151 Å². The maximum atomic E-state index is 13.2. The van der Waals surface area contributed by atoms with Crippen molar-refractivity contribution in [2.24, 2.45) is 0 Å². The zero-order valence-electron chi connectivity index (χ0n) is 29.3. The first-order valence-electron chi connectivity index (χ1n) is 17.6. The van der Waals surface area contributed by atoms with E-state index in [1.54, 1.807) is 14.7 Å². The summed E-state index contributed by atoms with van der Waals surface area (Å²) < 4.78 is 0. The van der Waals surface area contributed by atoms with E-state index >= 15 is 0 Å². The summed E-state index contributed by atoms with van der Waals surface area (Å²) in [6, 6.07) is 42.3. The van der Waals surface area contributed by atoms with Gasteiger partial charge in [-0.2, -0.15) is 0 Å². The number of rotatable bonds is 6. The fraction of sp³-hybridized carbons (Fsp3) is 0.0714. The summed E-state index contributed by atoms with van der Waals surface area (Å²) in [6.07, 6.45) is 1.17. The standard InChI is InChI=1S/C42H33B3N4O3/c43-34-4-1-7-37-31(34)22-40(50)47(37)28-16-10-25(11-17-28)46(26-12-18-29(19-13-26)48-38-8-2-5-35(44)32(38)23-41(48)51)27-14-20-30(21-15-27)49-39-9-3-6-36(45)33(39)24-42(49)52/h1-21H,22-24,43-45H2. The average Bonchev–Trinajstić information content (AvgIpc) is 3.80. The number of carbonyl (C=O) groups is 3. The van der Waals surface area contributed by atoms with Crippen LogP contribution < -0.4 is 36.0 Å². The highest BCUT2D eigenvalue weighted by Gasteiger charge is 2.32. The van der Waals surface area contributed by atoms with Crippen LogP contribution in [0.25, 0.3) is 0 Å². The maximum absolute atomic E-state index is 13.2. The van der Waals surface area contributed by atoms with Crippen LogP contribution in [0.5, 0.6) is 0 Å². The molecule has 0 radical (unpaired) electrons. The van der Waals surface area contributed by atoms with E-state index in [0.29, 0.717) is 19.3 Å². The van der Waals surface area contributed by atoms with Crippen molar-refractivity contribution in [1.29, 1.82) is 0 Å². The Hall–Kier alpha value is -6.28. The molecule has 7 nitrogen and oxygen atoms in total. The molecular formula is C42H33B3N4O3. The lowest BCUT2D eigenvalue weighted by molar-refractivity contribution is -0.117. The molecule has 0 bridgehead atoms. The molecule has 0 N–H and O–H groups in total. The van der Waals surface area contributed by atoms with E-state index in [4.69, 9.17) is 0 Å². The molecule has 0 atom stereocenters. The zero-order valence-corrected chi connectivity index (χ0v) is 29.3. The second-order valence-corrected chi connectivity index (χ2v) is 13.8. The molecule has 3 heterocycles. The predicted molar refractivity (Wildman–Crippen MR) is 218 cm³/mol. The molecular weight excluding hydrogens is 641 g/mol. The van der Waals surface area contributed by atoms with Crippen molar-refractivity contribution in [3.8, 4) is 0 Å². The molecule has 3 aliphatic rings. The second-order valence-electron chi connectivity index (χ2n) is 13.8. The van der Waals surface area contributed by atoms with Crippen LogP contribution in [0.4, 0.5) is 51.2 Å². The van der Waals surface area contributed by atoms with E-state index in [0.717, 1.165) is 84.3 Å². The summed E-state index contributed by atoms with van der Waals surface area (Å²) in [5.74, 6) is 0.171. The number of nitrogens with zero attached hydrogens (tertiary/aromatic N) is 4. The van der Waals surface area contributed by atoms with Crippen molar-refractivity contribution in [3.63, 3.8) is 0 Å². The number of hydrogen-bond acceptors (Lipinski definition) is 4. The van der Waals surface area contributed by atoms with Crippen molar-refractivity contribution >= 4 is 109 Å². The summed E-state index contributed by atoms with van der Waals surface area (Å²) >= 11 is 0. The molecule has 10 heteroatoms. The first-order valence-corrected chi connectivity index (χ1v) is 17.6. The Balaban J connectivity index is 1.09. The SMILES string of the molecule is Bc1cccc2c1CC(=O)N2c1ccc(N(c2ccc(N3C(=O)Cc4c(B)cccc43)cc2)c2ccc(N3C(=O)Cc4c(B)cccc43)cc2)cc1.